The molecule has 0 aliphatic rings. The standard InChI is InChI=1S/C14H15N.C7H16N4O2/c1-11-2-6-13(7-3-11)14-8-4-12(10-15)5-9-14;1-4(2)5(7(12)13)3-6(10-8)11-9/h2-9H,10,15H2,1H3;4-5H,3,8-9H2,1-2H3,(H,10,11)(H,12,13). The average molecular weight is 386 g/mol. The number of hydrogen-bond donors (Lipinski definition) is 5. The summed E-state index contributed by atoms with van der Waals surface area (Å²) in [6, 6.07) is 16.9. The molecule has 7 nitrogen and oxygen atoms in total. The molecule has 7 heteroatoms. The van der Waals surface area contributed by atoms with E-state index in [0.717, 1.165) is 0 Å². The third-order valence-electron chi connectivity index (χ3n) is 4.43. The van der Waals surface area contributed by atoms with Gasteiger partial charge >= 0.3 is 5.97 Å². The van der Waals surface area contributed by atoms with E-state index in [2.05, 4.69) is 66.0 Å². The van der Waals surface area contributed by atoms with Gasteiger partial charge in [-0.05, 0) is 29.5 Å². The van der Waals surface area contributed by atoms with E-state index in [9.17, 15) is 4.79 Å². The van der Waals surface area contributed by atoms with Gasteiger partial charge in [-0.1, -0.05) is 67.9 Å². The van der Waals surface area contributed by atoms with E-state index >= 15 is 0 Å². The molecule has 1 atom stereocenters. The lowest BCUT2D eigenvalue weighted by atomic mass is 9.92. The molecular weight excluding hydrogens is 354 g/mol. The zero-order valence-corrected chi connectivity index (χ0v) is 16.7. The van der Waals surface area contributed by atoms with Crippen molar-refractivity contribution in [2.24, 2.45) is 34.4 Å². The third kappa shape index (κ3) is 7.38. The van der Waals surface area contributed by atoms with E-state index < -0.39 is 11.9 Å². The van der Waals surface area contributed by atoms with Crippen LogP contribution in [-0.2, 0) is 11.3 Å². The molecule has 28 heavy (non-hydrogen) atoms. The molecule has 0 heterocycles. The molecule has 2 aromatic rings. The molecule has 0 saturated heterocycles. The van der Waals surface area contributed by atoms with Crippen LogP contribution in [0, 0.1) is 18.8 Å². The number of hydrazone groups is 1. The summed E-state index contributed by atoms with van der Waals surface area (Å²) >= 11 is 0. The number of nitrogens with zero attached hydrogens (tertiary/aromatic N) is 1. The number of carboxylic acid groups (broad SMARTS) is 1. The monoisotopic (exact) mass is 385 g/mol. The number of amidine groups is 1. The predicted octanol–water partition coefficient (Wildman–Crippen LogP) is 2.59. The first-order valence-electron chi connectivity index (χ1n) is 9.14. The van der Waals surface area contributed by atoms with E-state index in [1.165, 1.54) is 22.3 Å². The average Bonchev–Trinajstić information content (AvgIpc) is 2.69. The van der Waals surface area contributed by atoms with Gasteiger partial charge < -0.3 is 22.1 Å². The van der Waals surface area contributed by atoms with Crippen molar-refractivity contribution in [2.45, 2.75) is 33.7 Å². The minimum Gasteiger partial charge on any atom is -0.481 e. The molecule has 152 valence electrons. The summed E-state index contributed by atoms with van der Waals surface area (Å²) in [5.41, 5.74) is 12.8. The molecule has 0 spiro atoms. The summed E-state index contributed by atoms with van der Waals surface area (Å²) in [5, 5.41) is 12.1. The lowest BCUT2D eigenvalue weighted by Crippen LogP contribution is -2.35. The SMILES string of the molecule is CC(C)C(C/C(=N/N)NN)C(=O)O.Cc1ccc(-c2ccc(CN)cc2)cc1. The summed E-state index contributed by atoms with van der Waals surface area (Å²) < 4.78 is 0. The zero-order valence-electron chi connectivity index (χ0n) is 16.7. The second kappa shape index (κ2) is 11.7. The highest BCUT2D eigenvalue weighted by molar-refractivity contribution is 5.85. The predicted molar refractivity (Wildman–Crippen MR) is 114 cm³/mol. The van der Waals surface area contributed by atoms with Crippen LogP contribution in [0.15, 0.2) is 53.6 Å². The van der Waals surface area contributed by atoms with E-state index in [1.807, 2.05) is 13.8 Å². The Kier molecular flexibility index (Phi) is 9.70. The highest BCUT2D eigenvalue weighted by Crippen LogP contribution is 2.20. The van der Waals surface area contributed by atoms with Gasteiger partial charge in [0.1, 0.15) is 5.84 Å². The van der Waals surface area contributed by atoms with E-state index in [-0.39, 0.29) is 12.3 Å². The Morgan fingerprint density at radius 2 is 1.57 bits per heavy atom. The normalized spacial score (nSPS) is 12.1. The fourth-order valence-corrected chi connectivity index (χ4v) is 2.54. The molecule has 0 aliphatic carbocycles. The Morgan fingerprint density at radius 1 is 1.07 bits per heavy atom. The number of nitrogens with two attached hydrogens (primary N) is 3. The Balaban J connectivity index is 0.000000284. The Labute approximate surface area is 166 Å². The first-order chi connectivity index (χ1) is 13.3. The Hall–Kier alpha value is -2.90. The second-order valence-electron chi connectivity index (χ2n) is 6.88. The number of carboxylic acids is 1. The smallest absolute Gasteiger partial charge is 0.307 e. The van der Waals surface area contributed by atoms with Gasteiger partial charge in [-0.25, -0.2) is 5.84 Å². The summed E-state index contributed by atoms with van der Waals surface area (Å²) in [5.74, 6) is 8.99. The summed E-state index contributed by atoms with van der Waals surface area (Å²) in [4.78, 5) is 10.7. The number of rotatable bonds is 6. The largest absolute Gasteiger partial charge is 0.481 e. The van der Waals surface area contributed by atoms with Gasteiger partial charge in [0.05, 0.1) is 5.92 Å². The highest BCUT2D eigenvalue weighted by atomic mass is 16.4. The lowest BCUT2D eigenvalue weighted by Gasteiger charge is -2.16. The maximum absolute atomic E-state index is 10.7. The molecule has 0 amide bonds. The number of aliphatic carboxylic acids is 1. The minimum absolute atomic E-state index is 0.0163. The van der Waals surface area contributed by atoms with Crippen LogP contribution in [0.25, 0.3) is 11.1 Å². The zero-order chi connectivity index (χ0) is 21.1. The molecule has 0 aromatic heterocycles. The first-order valence-corrected chi connectivity index (χ1v) is 9.14. The molecule has 0 saturated carbocycles. The second-order valence-corrected chi connectivity index (χ2v) is 6.88. The van der Waals surface area contributed by atoms with Crippen LogP contribution in [0.5, 0.6) is 0 Å². The number of hydrogen-bond acceptors (Lipinski definition) is 5. The topological polar surface area (TPSA) is 140 Å². The number of carbonyl (C=O) groups is 1. The first kappa shape index (κ1) is 23.1. The molecule has 0 bridgehead atoms. The van der Waals surface area contributed by atoms with Gasteiger partial charge in [0, 0.05) is 13.0 Å². The van der Waals surface area contributed by atoms with Crippen molar-refractivity contribution in [3.8, 4) is 11.1 Å². The van der Waals surface area contributed by atoms with Crippen molar-refractivity contribution in [1.82, 2.24) is 5.43 Å². The quantitative estimate of drug-likeness (QED) is 0.224. The fourth-order valence-electron chi connectivity index (χ4n) is 2.54. The van der Waals surface area contributed by atoms with Gasteiger partial charge in [0.15, 0.2) is 0 Å². The van der Waals surface area contributed by atoms with Crippen molar-refractivity contribution in [2.75, 3.05) is 0 Å². The van der Waals surface area contributed by atoms with Crippen LogP contribution in [0.1, 0.15) is 31.4 Å². The van der Waals surface area contributed by atoms with Crippen molar-refractivity contribution in [3.63, 3.8) is 0 Å². The van der Waals surface area contributed by atoms with Crippen LogP contribution in [0.2, 0.25) is 0 Å². The van der Waals surface area contributed by atoms with Gasteiger partial charge in [-0.2, -0.15) is 5.10 Å². The van der Waals surface area contributed by atoms with Crippen LogP contribution >= 0.6 is 0 Å². The van der Waals surface area contributed by atoms with Gasteiger partial charge in [-0.15, -0.1) is 0 Å². The lowest BCUT2D eigenvalue weighted by molar-refractivity contribution is -0.142. The molecule has 8 N–H and O–H groups in total. The maximum Gasteiger partial charge on any atom is 0.307 e. The van der Waals surface area contributed by atoms with Crippen LogP contribution in [-0.4, -0.2) is 16.9 Å². The molecule has 0 radical (unpaired) electrons. The maximum atomic E-state index is 10.7. The van der Waals surface area contributed by atoms with Crippen LogP contribution < -0.4 is 22.8 Å². The van der Waals surface area contributed by atoms with E-state index in [1.54, 1.807) is 0 Å². The number of hydrazine groups is 1. The molecule has 0 fully saturated rings. The Bertz CT molecular complexity index is 755. The molecule has 0 aliphatic heterocycles. The minimum atomic E-state index is -0.869. The van der Waals surface area contributed by atoms with Gasteiger partial charge in [0.2, 0.25) is 0 Å². The fraction of sp³-hybridized carbons (Fsp3) is 0.333. The molecular formula is C21H31N5O2. The van der Waals surface area contributed by atoms with Gasteiger partial charge in [-0.3, -0.25) is 4.79 Å². The summed E-state index contributed by atoms with van der Waals surface area (Å²) in [6.07, 6.45) is 0.222. The molecule has 2 aromatic carbocycles. The Morgan fingerprint density at radius 3 is 1.93 bits per heavy atom. The van der Waals surface area contributed by atoms with Crippen LogP contribution in [0.4, 0.5) is 0 Å². The van der Waals surface area contributed by atoms with Crippen molar-refractivity contribution >= 4 is 11.8 Å². The third-order valence-corrected chi connectivity index (χ3v) is 4.43. The van der Waals surface area contributed by atoms with Crippen molar-refractivity contribution in [3.05, 3.63) is 59.7 Å². The number of nitrogens with one attached hydrogen (secondary N) is 1. The van der Waals surface area contributed by atoms with E-state index in [4.69, 9.17) is 22.5 Å². The van der Waals surface area contributed by atoms with E-state index in [0.29, 0.717) is 12.4 Å². The number of benzene rings is 2. The molecule has 1 unspecified atom stereocenters. The highest BCUT2D eigenvalue weighted by Gasteiger charge is 2.23. The van der Waals surface area contributed by atoms with Crippen molar-refractivity contribution < 1.29 is 9.90 Å². The van der Waals surface area contributed by atoms with Crippen molar-refractivity contribution in [1.29, 1.82) is 0 Å². The van der Waals surface area contributed by atoms with Crippen LogP contribution in [0.3, 0.4) is 0 Å². The summed E-state index contributed by atoms with van der Waals surface area (Å²) in [7, 11) is 0. The molecule has 2 rings (SSSR count). The number of aryl methyl sites for hydroxylation is 1. The van der Waals surface area contributed by atoms with Gasteiger partial charge in [0.25, 0.3) is 0 Å². The summed E-state index contributed by atoms with van der Waals surface area (Å²) in [6.45, 7) is 6.35.